The summed E-state index contributed by atoms with van der Waals surface area (Å²) in [7, 11) is 0. The molecule has 8 nitrogen and oxygen atoms in total. The van der Waals surface area contributed by atoms with Gasteiger partial charge in [-0.2, -0.15) is 0 Å². The maximum absolute atomic E-state index is 12.9. The number of nitrogens with zero attached hydrogens (tertiary/aromatic N) is 1. The predicted octanol–water partition coefficient (Wildman–Crippen LogP) is 3.05. The van der Waals surface area contributed by atoms with Crippen molar-refractivity contribution < 1.29 is 28.7 Å². The minimum atomic E-state index is -1.31. The third-order valence-corrected chi connectivity index (χ3v) is 5.32. The van der Waals surface area contributed by atoms with E-state index in [9.17, 15) is 24.3 Å². The molecule has 0 atom stereocenters. The second kappa shape index (κ2) is 8.27. The molecule has 0 bridgehead atoms. The van der Waals surface area contributed by atoms with Gasteiger partial charge in [0, 0.05) is 15.6 Å². The zero-order valence-electron chi connectivity index (χ0n) is 16.5. The van der Waals surface area contributed by atoms with Crippen LogP contribution in [0.5, 0.6) is 0 Å². The highest BCUT2D eigenvalue weighted by Gasteiger charge is 2.37. The number of carbonyl (C=O) groups excluding carboxylic acids is 4. The van der Waals surface area contributed by atoms with Crippen molar-refractivity contribution >= 4 is 51.5 Å². The fraction of sp³-hybridized carbons (Fsp3) is 0.0435. The Bertz CT molecular complexity index is 1320. The molecule has 1 aliphatic rings. The van der Waals surface area contributed by atoms with E-state index >= 15 is 0 Å². The van der Waals surface area contributed by atoms with Gasteiger partial charge in [-0.15, -0.1) is 0 Å². The number of carbonyl (C=O) groups is 4. The normalized spacial score (nSPS) is 15.2. The number of urea groups is 1. The van der Waals surface area contributed by atoms with Crippen LogP contribution in [0, 0.1) is 6.92 Å². The van der Waals surface area contributed by atoms with Gasteiger partial charge in [0.2, 0.25) is 0 Å². The van der Waals surface area contributed by atoms with Crippen molar-refractivity contribution in [3.8, 4) is 11.3 Å². The van der Waals surface area contributed by atoms with Gasteiger partial charge in [0.1, 0.15) is 17.1 Å². The first-order chi connectivity index (χ1) is 15.2. The number of hydrogen-bond acceptors (Lipinski definition) is 6. The number of carboxylic acids is 1. The lowest BCUT2D eigenvalue weighted by atomic mass is 10.0. The molecule has 1 fully saturated rings. The molecule has 0 saturated carbocycles. The Morgan fingerprint density at radius 2 is 1.88 bits per heavy atom. The molecular weight excluding hydrogens is 480 g/mol. The number of barbiturate groups is 1. The summed E-state index contributed by atoms with van der Waals surface area (Å²) in [5.41, 5.74) is 1.07. The van der Waals surface area contributed by atoms with Crippen molar-refractivity contribution in [1.29, 1.82) is 0 Å². The summed E-state index contributed by atoms with van der Waals surface area (Å²) in [5.74, 6) is -2.44. The predicted molar refractivity (Wildman–Crippen MR) is 116 cm³/mol. The summed E-state index contributed by atoms with van der Waals surface area (Å²) in [6, 6.07) is 13.5. The first kappa shape index (κ1) is 21.3. The standard InChI is InChI=1S/C23H15BrN2O6/c1-12-5-6-13(9-17(12)22(29)30)19-8-7-16(32-19)11-18-20(27)25-23(31)26(21(18)28)15-4-2-3-14(24)10-15/h2-11H,1H3,(H,29,30)(H,25,27,31)/p-1/b18-11+. The molecule has 4 rings (SSSR count). The molecule has 2 aromatic carbocycles. The SMILES string of the molecule is Cc1ccc(-c2ccc(/C=C3\C(=O)NC(=O)N(c4cccc(Br)c4)C3=O)o2)cc1C(=O)[O-]. The second-order valence-electron chi connectivity index (χ2n) is 6.96. The summed E-state index contributed by atoms with van der Waals surface area (Å²) in [5, 5.41) is 13.4. The second-order valence-corrected chi connectivity index (χ2v) is 7.87. The molecule has 2 heterocycles. The fourth-order valence-corrected chi connectivity index (χ4v) is 3.62. The van der Waals surface area contributed by atoms with E-state index in [0.29, 0.717) is 21.4 Å². The van der Waals surface area contributed by atoms with Gasteiger partial charge in [-0.3, -0.25) is 14.9 Å². The number of aromatic carboxylic acids is 1. The Labute approximate surface area is 190 Å². The molecule has 0 aliphatic carbocycles. The van der Waals surface area contributed by atoms with Crippen LogP contribution in [0.25, 0.3) is 17.4 Å². The van der Waals surface area contributed by atoms with E-state index in [0.717, 1.165) is 4.90 Å². The molecule has 1 N–H and O–H groups in total. The highest BCUT2D eigenvalue weighted by atomic mass is 79.9. The van der Waals surface area contributed by atoms with Crippen molar-refractivity contribution in [3.63, 3.8) is 0 Å². The lowest BCUT2D eigenvalue weighted by Gasteiger charge is -2.26. The van der Waals surface area contributed by atoms with Crippen molar-refractivity contribution in [2.75, 3.05) is 4.90 Å². The molecule has 3 aromatic rings. The summed E-state index contributed by atoms with van der Waals surface area (Å²) in [6.45, 7) is 1.65. The number of imide groups is 2. The molecular formula is C23H14BrN2O6-. The van der Waals surface area contributed by atoms with E-state index in [1.54, 1.807) is 49.4 Å². The average Bonchev–Trinajstić information content (AvgIpc) is 3.20. The van der Waals surface area contributed by atoms with Gasteiger partial charge in [0.15, 0.2) is 0 Å². The van der Waals surface area contributed by atoms with Gasteiger partial charge < -0.3 is 14.3 Å². The summed E-state index contributed by atoms with van der Waals surface area (Å²) >= 11 is 3.29. The van der Waals surface area contributed by atoms with E-state index < -0.39 is 23.8 Å². The molecule has 0 spiro atoms. The quantitative estimate of drug-likeness (QED) is 0.440. The number of benzene rings is 2. The molecule has 1 aromatic heterocycles. The van der Waals surface area contributed by atoms with Gasteiger partial charge in [0.05, 0.1) is 11.7 Å². The highest BCUT2D eigenvalue weighted by Crippen LogP contribution is 2.28. The number of amides is 4. The van der Waals surface area contributed by atoms with Gasteiger partial charge in [0.25, 0.3) is 11.8 Å². The van der Waals surface area contributed by atoms with Crippen LogP contribution in [0.1, 0.15) is 21.7 Å². The maximum Gasteiger partial charge on any atom is 0.335 e. The summed E-state index contributed by atoms with van der Waals surface area (Å²) < 4.78 is 6.35. The van der Waals surface area contributed by atoms with E-state index in [2.05, 4.69) is 21.2 Å². The third kappa shape index (κ3) is 3.97. The molecule has 160 valence electrons. The lowest BCUT2D eigenvalue weighted by molar-refractivity contribution is -0.255. The van der Waals surface area contributed by atoms with Gasteiger partial charge in [-0.1, -0.05) is 34.1 Å². The van der Waals surface area contributed by atoms with Crippen LogP contribution in [0.3, 0.4) is 0 Å². The van der Waals surface area contributed by atoms with Crippen LogP contribution in [-0.2, 0) is 9.59 Å². The monoisotopic (exact) mass is 493 g/mol. The Morgan fingerprint density at radius 1 is 1.09 bits per heavy atom. The van der Waals surface area contributed by atoms with Crippen LogP contribution in [0.2, 0.25) is 0 Å². The van der Waals surface area contributed by atoms with Crippen molar-refractivity contribution in [2.45, 2.75) is 6.92 Å². The first-order valence-electron chi connectivity index (χ1n) is 9.34. The molecule has 0 unspecified atom stereocenters. The summed E-state index contributed by atoms with van der Waals surface area (Å²) in [6.07, 6.45) is 1.23. The third-order valence-electron chi connectivity index (χ3n) is 4.82. The molecule has 9 heteroatoms. The van der Waals surface area contributed by atoms with Gasteiger partial charge in [-0.05, 0) is 55.0 Å². The summed E-state index contributed by atoms with van der Waals surface area (Å²) in [4.78, 5) is 49.7. The molecule has 1 saturated heterocycles. The van der Waals surface area contributed by atoms with Gasteiger partial charge in [-0.25, -0.2) is 9.69 Å². The fourth-order valence-electron chi connectivity index (χ4n) is 3.23. The Balaban J connectivity index is 1.68. The number of carboxylic acid groups (broad SMARTS) is 1. The smallest absolute Gasteiger partial charge is 0.335 e. The molecule has 1 aliphatic heterocycles. The van der Waals surface area contributed by atoms with E-state index in [1.165, 1.54) is 18.2 Å². The number of rotatable bonds is 4. The van der Waals surface area contributed by atoms with Crippen LogP contribution >= 0.6 is 15.9 Å². The van der Waals surface area contributed by atoms with Crippen LogP contribution in [0.4, 0.5) is 10.5 Å². The van der Waals surface area contributed by atoms with E-state index in [1.807, 2.05) is 0 Å². The maximum atomic E-state index is 12.9. The molecule has 0 radical (unpaired) electrons. The highest BCUT2D eigenvalue weighted by molar-refractivity contribution is 9.10. The van der Waals surface area contributed by atoms with Gasteiger partial charge >= 0.3 is 6.03 Å². The Hall–Kier alpha value is -3.98. The number of anilines is 1. The topological polar surface area (TPSA) is 120 Å². The number of nitrogens with one attached hydrogen (secondary N) is 1. The van der Waals surface area contributed by atoms with Crippen LogP contribution in [0.15, 0.2) is 69.1 Å². The van der Waals surface area contributed by atoms with Crippen molar-refractivity contribution in [2.24, 2.45) is 0 Å². The van der Waals surface area contributed by atoms with Crippen LogP contribution in [-0.4, -0.2) is 23.8 Å². The first-order valence-corrected chi connectivity index (χ1v) is 10.1. The number of halogens is 1. The van der Waals surface area contributed by atoms with Crippen molar-refractivity contribution in [3.05, 3.63) is 81.5 Å². The largest absolute Gasteiger partial charge is 0.545 e. The van der Waals surface area contributed by atoms with E-state index in [-0.39, 0.29) is 22.6 Å². The minimum Gasteiger partial charge on any atom is -0.545 e. The Kier molecular flexibility index (Phi) is 5.50. The van der Waals surface area contributed by atoms with Crippen molar-refractivity contribution in [1.82, 2.24) is 5.32 Å². The zero-order chi connectivity index (χ0) is 23.0. The number of hydrogen-bond donors (Lipinski definition) is 1. The lowest BCUT2D eigenvalue weighted by Crippen LogP contribution is -2.54. The minimum absolute atomic E-state index is 0.0313. The average molecular weight is 494 g/mol. The molecule has 32 heavy (non-hydrogen) atoms. The van der Waals surface area contributed by atoms with Crippen LogP contribution < -0.4 is 15.3 Å². The molecule has 4 amide bonds. The number of furan rings is 1. The zero-order valence-corrected chi connectivity index (χ0v) is 18.1. The van der Waals surface area contributed by atoms with E-state index in [4.69, 9.17) is 4.42 Å². The number of aryl methyl sites for hydroxylation is 1. The Morgan fingerprint density at radius 3 is 2.59 bits per heavy atom.